The van der Waals surface area contributed by atoms with E-state index in [4.69, 9.17) is 4.43 Å². The van der Waals surface area contributed by atoms with Gasteiger partial charge >= 0.3 is 0 Å². The van der Waals surface area contributed by atoms with E-state index in [-0.39, 0.29) is 5.41 Å². The van der Waals surface area contributed by atoms with Gasteiger partial charge in [-0.25, -0.2) is 0 Å². The van der Waals surface area contributed by atoms with E-state index in [0.29, 0.717) is 59.1 Å². The van der Waals surface area contributed by atoms with Gasteiger partial charge in [0.2, 0.25) is 0 Å². The summed E-state index contributed by atoms with van der Waals surface area (Å²) in [5.41, 5.74) is 1.70. The van der Waals surface area contributed by atoms with Crippen molar-refractivity contribution in [2.45, 2.75) is 118 Å². The first kappa shape index (κ1) is 25.4. The van der Waals surface area contributed by atoms with E-state index in [0.717, 1.165) is 44.9 Å². The van der Waals surface area contributed by atoms with E-state index >= 15 is 0 Å². The third kappa shape index (κ3) is 5.27. The van der Waals surface area contributed by atoms with Crippen molar-refractivity contribution in [2.24, 2.45) is 40.4 Å². The zero-order chi connectivity index (χ0) is 24.0. The SMILES string of the molecule is C[SiH](C)OC(CCCCC(C)(C)C)[C@@H]1CC2=CC(=O)CC[C@@H]2[C@H]2CC[C@]3(C)C(=O)CC[C@H]3[C@@H]21. The molecule has 4 aliphatic rings. The maximum Gasteiger partial charge on any atom is 0.171 e. The van der Waals surface area contributed by atoms with Crippen molar-refractivity contribution in [3.63, 3.8) is 0 Å². The molecule has 1 unspecified atom stereocenters. The average Bonchev–Trinajstić information content (AvgIpc) is 3.03. The molecule has 4 heteroatoms. The zero-order valence-electron chi connectivity index (χ0n) is 22.1. The van der Waals surface area contributed by atoms with Crippen molar-refractivity contribution in [1.82, 2.24) is 0 Å². The van der Waals surface area contributed by atoms with Crippen LogP contribution in [0.2, 0.25) is 13.1 Å². The summed E-state index contributed by atoms with van der Waals surface area (Å²) in [6.45, 7) is 13.9. The van der Waals surface area contributed by atoms with Crippen molar-refractivity contribution in [1.29, 1.82) is 0 Å². The summed E-state index contributed by atoms with van der Waals surface area (Å²) in [7, 11) is -1.20. The van der Waals surface area contributed by atoms with Gasteiger partial charge in [-0.3, -0.25) is 9.59 Å². The molecular weight excluding hydrogens is 424 g/mol. The standard InChI is InChI=1S/C29H48O3Si/c1-28(2,3)15-8-7-9-25(32-33(5)6)23-18-19-17-20(30)10-11-21(19)22-14-16-29(4)24(27(22)23)12-13-26(29)31/h17,21-25,27,33H,7-16,18H2,1-6H3/t21-,22+,23-,24-,25?,27-,29-/m0/s1. The van der Waals surface area contributed by atoms with Gasteiger partial charge in [-0.15, -0.1) is 0 Å². The van der Waals surface area contributed by atoms with E-state index in [2.05, 4.69) is 40.8 Å². The summed E-state index contributed by atoms with van der Waals surface area (Å²) < 4.78 is 6.83. The second kappa shape index (κ2) is 9.72. The minimum Gasteiger partial charge on any atom is -0.417 e. The van der Waals surface area contributed by atoms with Crippen LogP contribution in [0.3, 0.4) is 0 Å². The molecule has 0 bridgehead atoms. The molecule has 3 saturated carbocycles. The highest BCUT2D eigenvalue weighted by atomic mass is 28.3. The zero-order valence-corrected chi connectivity index (χ0v) is 23.3. The molecule has 4 aliphatic carbocycles. The number of Topliss-reactive ketones (excluding diaryl/α,β-unsaturated/α-hetero) is 1. The Balaban J connectivity index is 1.62. The van der Waals surface area contributed by atoms with E-state index in [1.807, 2.05) is 6.08 Å². The van der Waals surface area contributed by atoms with Crippen LogP contribution in [-0.4, -0.2) is 26.7 Å². The largest absolute Gasteiger partial charge is 0.417 e. The fourth-order valence-electron chi connectivity index (χ4n) is 8.17. The fourth-order valence-corrected chi connectivity index (χ4v) is 9.21. The monoisotopic (exact) mass is 472 g/mol. The highest BCUT2D eigenvalue weighted by Gasteiger charge is 2.59. The first-order valence-electron chi connectivity index (χ1n) is 13.9. The van der Waals surface area contributed by atoms with E-state index in [9.17, 15) is 9.59 Å². The Morgan fingerprint density at radius 3 is 2.58 bits per heavy atom. The van der Waals surface area contributed by atoms with Crippen molar-refractivity contribution in [2.75, 3.05) is 0 Å². The molecule has 0 aromatic carbocycles. The number of allylic oxidation sites excluding steroid dienone is 1. The van der Waals surface area contributed by atoms with Gasteiger partial charge in [0.15, 0.2) is 14.8 Å². The lowest BCUT2D eigenvalue weighted by Gasteiger charge is -2.56. The molecule has 0 heterocycles. The lowest BCUT2D eigenvalue weighted by molar-refractivity contribution is -0.134. The van der Waals surface area contributed by atoms with Gasteiger partial charge in [-0.05, 0) is 99.1 Å². The van der Waals surface area contributed by atoms with Crippen LogP contribution < -0.4 is 0 Å². The first-order valence-corrected chi connectivity index (χ1v) is 16.7. The molecule has 0 aromatic rings. The summed E-state index contributed by atoms with van der Waals surface area (Å²) in [5.74, 6) is 3.64. The molecule has 4 rings (SSSR count). The molecule has 0 N–H and O–H groups in total. The van der Waals surface area contributed by atoms with E-state index < -0.39 is 9.04 Å². The number of unbranched alkanes of at least 4 members (excludes halogenated alkanes) is 1. The molecule has 3 fully saturated rings. The van der Waals surface area contributed by atoms with Crippen LogP contribution in [-0.2, 0) is 14.0 Å². The summed E-state index contributed by atoms with van der Waals surface area (Å²) in [6.07, 6.45) is 14.0. The van der Waals surface area contributed by atoms with Crippen LogP contribution >= 0.6 is 0 Å². The minimum absolute atomic E-state index is 0.114. The summed E-state index contributed by atoms with van der Waals surface area (Å²) >= 11 is 0. The van der Waals surface area contributed by atoms with Crippen LogP contribution in [0.4, 0.5) is 0 Å². The van der Waals surface area contributed by atoms with Crippen LogP contribution in [0.1, 0.15) is 98.3 Å². The van der Waals surface area contributed by atoms with Crippen molar-refractivity contribution >= 4 is 20.6 Å². The lowest BCUT2D eigenvalue weighted by Crippen LogP contribution is -2.53. The van der Waals surface area contributed by atoms with Gasteiger partial charge in [0.1, 0.15) is 5.78 Å². The molecule has 0 radical (unpaired) electrons. The number of fused-ring (bicyclic) bond motifs is 5. The molecule has 33 heavy (non-hydrogen) atoms. The van der Waals surface area contributed by atoms with E-state index in [1.165, 1.54) is 24.8 Å². The van der Waals surface area contributed by atoms with Crippen molar-refractivity contribution in [3.8, 4) is 0 Å². The van der Waals surface area contributed by atoms with E-state index in [1.54, 1.807) is 0 Å². The molecule has 0 aliphatic heterocycles. The second-order valence-corrected chi connectivity index (χ2v) is 15.9. The molecule has 7 atom stereocenters. The number of carbonyl (C=O) groups is 2. The quantitative estimate of drug-likeness (QED) is 0.299. The van der Waals surface area contributed by atoms with Crippen LogP contribution in [0.5, 0.6) is 0 Å². The third-order valence-electron chi connectivity index (χ3n) is 9.69. The first-order chi connectivity index (χ1) is 15.5. The Morgan fingerprint density at radius 2 is 1.88 bits per heavy atom. The Hall–Kier alpha value is -0.743. The van der Waals surface area contributed by atoms with Gasteiger partial charge in [-0.2, -0.15) is 0 Å². The molecule has 0 spiro atoms. The summed E-state index contributed by atoms with van der Waals surface area (Å²) in [5, 5.41) is 0. The number of carbonyl (C=O) groups excluding carboxylic acids is 2. The van der Waals surface area contributed by atoms with Crippen LogP contribution in [0.25, 0.3) is 0 Å². The van der Waals surface area contributed by atoms with Crippen LogP contribution in [0, 0.1) is 40.4 Å². The third-order valence-corrected chi connectivity index (χ3v) is 10.6. The minimum atomic E-state index is -1.20. The normalized spacial score (nSPS) is 37.4. The highest BCUT2D eigenvalue weighted by molar-refractivity contribution is 6.48. The van der Waals surface area contributed by atoms with Gasteiger partial charge in [0.25, 0.3) is 0 Å². The maximum absolute atomic E-state index is 13.0. The molecule has 3 nitrogen and oxygen atoms in total. The Morgan fingerprint density at radius 1 is 1.12 bits per heavy atom. The Bertz CT molecular complexity index is 778. The molecule has 186 valence electrons. The number of ketones is 2. The fraction of sp³-hybridized carbons (Fsp3) is 0.862. The Labute approximate surface area is 204 Å². The number of hydrogen-bond donors (Lipinski definition) is 0. The van der Waals surface area contributed by atoms with Crippen LogP contribution in [0.15, 0.2) is 11.6 Å². The molecule has 0 amide bonds. The smallest absolute Gasteiger partial charge is 0.171 e. The topological polar surface area (TPSA) is 43.4 Å². The molecule has 0 saturated heterocycles. The van der Waals surface area contributed by atoms with Crippen molar-refractivity contribution < 1.29 is 14.0 Å². The van der Waals surface area contributed by atoms with Gasteiger partial charge in [-0.1, -0.05) is 46.1 Å². The summed E-state index contributed by atoms with van der Waals surface area (Å²) in [4.78, 5) is 25.4. The van der Waals surface area contributed by atoms with Gasteiger partial charge < -0.3 is 4.43 Å². The number of rotatable bonds is 7. The lowest BCUT2D eigenvalue weighted by atomic mass is 9.48. The predicted octanol–water partition coefficient (Wildman–Crippen LogP) is 6.90. The molecular formula is C29H48O3Si. The maximum atomic E-state index is 13.0. The Kier molecular flexibility index (Phi) is 7.47. The molecule has 0 aromatic heterocycles. The predicted molar refractivity (Wildman–Crippen MR) is 138 cm³/mol. The van der Waals surface area contributed by atoms with Crippen molar-refractivity contribution in [3.05, 3.63) is 11.6 Å². The van der Waals surface area contributed by atoms with Gasteiger partial charge in [0.05, 0.1) is 0 Å². The number of hydrogen-bond acceptors (Lipinski definition) is 3. The van der Waals surface area contributed by atoms with Gasteiger partial charge in [0, 0.05) is 24.4 Å². The second-order valence-electron chi connectivity index (χ2n) is 13.5. The highest BCUT2D eigenvalue weighted by Crippen LogP contribution is 2.63. The summed E-state index contributed by atoms with van der Waals surface area (Å²) in [6, 6.07) is 0. The average molecular weight is 473 g/mol.